The summed E-state index contributed by atoms with van der Waals surface area (Å²) in [5, 5.41) is 17.4. The molecule has 0 aromatic carbocycles. The lowest BCUT2D eigenvalue weighted by Crippen LogP contribution is -2.18. The number of rotatable bonds is 3. The molecule has 1 aromatic heterocycles. The van der Waals surface area contributed by atoms with Crippen molar-refractivity contribution in [2.75, 3.05) is 6.61 Å². The van der Waals surface area contributed by atoms with Gasteiger partial charge in [0.2, 0.25) is 0 Å². The molecule has 10 heavy (non-hydrogen) atoms. The van der Waals surface area contributed by atoms with Crippen molar-refractivity contribution in [3.8, 4) is 0 Å². The van der Waals surface area contributed by atoms with E-state index in [1.807, 2.05) is 29.1 Å². The van der Waals surface area contributed by atoms with Crippen LogP contribution in [0.1, 0.15) is 0 Å². The predicted octanol–water partition coefficient (Wildman–Crippen LogP) is -0.159. The minimum atomic E-state index is -0.646. The van der Waals surface area contributed by atoms with Crippen molar-refractivity contribution >= 4 is 0 Å². The Morgan fingerprint density at radius 3 is 2.40 bits per heavy atom. The van der Waals surface area contributed by atoms with E-state index in [0.29, 0.717) is 6.54 Å². The zero-order valence-electron chi connectivity index (χ0n) is 5.64. The van der Waals surface area contributed by atoms with Crippen LogP contribution in [0.15, 0.2) is 24.5 Å². The first kappa shape index (κ1) is 7.31. The quantitative estimate of drug-likeness (QED) is 0.614. The van der Waals surface area contributed by atoms with E-state index in [0.717, 1.165) is 0 Å². The second-order valence-corrected chi connectivity index (χ2v) is 2.22. The summed E-state index contributed by atoms with van der Waals surface area (Å²) in [6, 6.07) is 3.76. The van der Waals surface area contributed by atoms with Gasteiger partial charge < -0.3 is 14.8 Å². The zero-order chi connectivity index (χ0) is 7.40. The molecular formula is C7H11NO2. The second-order valence-electron chi connectivity index (χ2n) is 2.22. The molecule has 0 spiro atoms. The molecule has 0 amide bonds. The largest absolute Gasteiger partial charge is 0.394 e. The highest BCUT2D eigenvalue weighted by Crippen LogP contribution is 1.92. The standard InChI is InChI=1S/C7H11NO2/c9-6-7(10)5-8-3-1-2-4-8/h1-4,7,9-10H,5-6H2/t7-/m1/s1. The van der Waals surface area contributed by atoms with Crippen LogP contribution in [0, 0.1) is 0 Å². The molecule has 3 heteroatoms. The summed E-state index contributed by atoms with van der Waals surface area (Å²) >= 11 is 0. The van der Waals surface area contributed by atoms with E-state index < -0.39 is 6.10 Å². The third kappa shape index (κ3) is 1.86. The van der Waals surface area contributed by atoms with Gasteiger partial charge in [-0.25, -0.2) is 0 Å². The summed E-state index contributed by atoms with van der Waals surface area (Å²) < 4.78 is 1.82. The summed E-state index contributed by atoms with van der Waals surface area (Å²) in [7, 11) is 0. The van der Waals surface area contributed by atoms with Crippen molar-refractivity contribution in [1.29, 1.82) is 0 Å². The van der Waals surface area contributed by atoms with Gasteiger partial charge in [-0.2, -0.15) is 0 Å². The molecule has 0 bridgehead atoms. The Balaban J connectivity index is 2.40. The van der Waals surface area contributed by atoms with Crippen LogP contribution in [-0.4, -0.2) is 27.5 Å². The molecule has 0 saturated heterocycles. The highest BCUT2D eigenvalue weighted by Gasteiger charge is 2.00. The first-order valence-electron chi connectivity index (χ1n) is 3.22. The number of aliphatic hydroxyl groups is 2. The maximum Gasteiger partial charge on any atom is 0.0949 e. The van der Waals surface area contributed by atoms with Crippen LogP contribution >= 0.6 is 0 Å². The molecule has 0 aliphatic heterocycles. The van der Waals surface area contributed by atoms with E-state index in [2.05, 4.69) is 0 Å². The maximum atomic E-state index is 8.96. The molecule has 1 aromatic rings. The first-order valence-corrected chi connectivity index (χ1v) is 3.22. The Morgan fingerprint density at radius 1 is 1.30 bits per heavy atom. The van der Waals surface area contributed by atoms with Crippen LogP contribution in [-0.2, 0) is 6.54 Å². The van der Waals surface area contributed by atoms with E-state index in [9.17, 15) is 0 Å². The molecule has 3 nitrogen and oxygen atoms in total. The van der Waals surface area contributed by atoms with Gasteiger partial charge in [-0.1, -0.05) is 0 Å². The van der Waals surface area contributed by atoms with E-state index in [4.69, 9.17) is 10.2 Å². The molecule has 1 rings (SSSR count). The lowest BCUT2D eigenvalue weighted by molar-refractivity contribution is 0.0813. The van der Waals surface area contributed by atoms with E-state index in [-0.39, 0.29) is 6.61 Å². The van der Waals surface area contributed by atoms with Gasteiger partial charge in [0.15, 0.2) is 0 Å². The van der Waals surface area contributed by atoms with Gasteiger partial charge >= 0.3 is 0 Å². The predicted molar refractivity (Wildman–Crippen MR) is 37.5 cm³/mol. The number of aromatic nitrogens is 1. The van der Waals surface area contributed by atoms with Gasteiger partial charge in [0.1, 0.15) is 0 Å². The third-order valence-electron chi connectivity index (χ3n) is 1.30. The van der Waals surface area contributed by atoms with Crippen molar-refractivity contribution in [2.45, 2.75) is 12.6 Å². The van der Waals surface area contributed by atoms with E-state index in [1.165, 1.54) is 0 Å². The van der Waals surface area contributed by atoms with Crippen molar-refractivity contribution < 1.29 is 10.2 Å². The topological polar surface area (TPSA) is 45.4 Å². The third-order valence-corrected chi connectivity index (χ3v) is 1.30. The minimum absolute atomic E-state index is 0.182. The molecule has 56 valence electrons. The van der Waals surface area contributed by atoms with Gasteiger partial charge in [0.25, 0.3) is 0 Å². The Morgan fingerprint density at radius 2 is 1.90 bits per heavy atom. The van der Waals surface area contributed by atoms with Crippen LogP contribution in [0.3, 0.4) is 0 Å². The van der Waals surface area contributed by atoms with Crippen LogP contribution in [0.5, 0.6) is 0 Å². The number of hydrogen-bond donors (Lipinski definition) is 2. The van der Waals surface area contributed by atoms with Crippen molar-refractivity contribution in [2.24, 2.45) is 0 Å². The summed E-state index contributed by atoms with van der Waals surface area (Å²) in [6.45, 7) is 0.279. The number of hydrogen-bond acceptors (Lipinski definition) is 2. The first-order chi connectivity index (χ1) is 4.83. The van der Waals surface area contributed by atoms with Gasteiger partial charge in [0.05, 0.1) is 19.3 Å². The summed E-state index contributed by atoms with van der Waals surface area (Å²) in [5.74, 6) is 0. The second kappa shape index (κ2) is 3.39. The Bertz CT molecular complexity index is 172. The monoisotopic (exact) mass is 141 g/mol. The molecule has 0 aliphatic rings. The van der Waals surface area contributed by atoms with Crippen molar-refractivity contribution in [3.63, 3.8) is 0 Å². The molecule has 1 heterocycles. The fourth-order valence-corrected chi connectivity index (χ4v) is 0.793. The maximum absolute atomic E-state index is 8.96. The van der Waals surface area contributed by atoms with Crippen LogP contribution < -0.4 is 0 Å². The fraction of sp³-hybridized carbons (Fsp3) is 0.429. The highest BCUT2D eigenvalue weighted by atomic mass is 16.3. The van der Waals surface area contributed by atoms with Gasteiger partial charge in [-0.05, 0) is 12.1 Å². The summed E-state index contributed by atoms with van der Waals surface area (Å²) in [4.78, 5) is 0. The molecule has 0 radical (unpaired) electrons. The molecule has 0 saturated carbocycles. The van der Waals surface area contributed by atoms with Crippen LogP contribution in [0.25, 0.3) is 0 Å². The SMILES string of the molecule is OC[C@H](O)Cn1cccc1. The molecule has 2 N–H and O–H groups in total. The van der Waals surface area contributed by atoms with E-state index in [1.54, 1.807) is 0 Å². The van der Waals surface area contributed by atoms with Gasteiger partial charge in [-0.15, -0.1) is 0 Å². The lowest BCUT2D eigenvalue weighted by Gasteiger charge is -2.06. The Kier molecular flexibility index (Phi) is 2.48. The smallest absolute Gasteiger partial charge is 0.0949 e. The zero-order valence-corrected chi connectivity index (χ0v) is 5.64. The van der Waals surface area contributed by atoms with Crippen LogP contribution in [0.4, 0.5) is 0 Å². The fourth-order valence-electron chi connectivity index (χ4n) is 0.793. The molecular weight excluding hydrogens is 130 g/mol. The minimum Gasteiger partial charge on any atom is -0.394 e. The Labute approximate surface area is 59.5 Å². The average molecular weight is 141 g/mol. The molecule has 1 atom stereocenters. The Hall–Kier alpha value is -0.800. The molecule has 0 aliphatic carbocycles. The normalized spacial score (nSPS) is 13.4. The number of aliphatic hydroxyl groups excluding tert-OH is 2. The summed E-state index contributed by atoms with van der Waals surface area (Å²) in [6.07, 6.45) is 3.05. The average Bonchev–Trinajstić information content (AvgIpc) is 2.40. The van der Waals surface area contributed by atoms with Crippen LogP contribution in [0.2, 0.25) is 0 Å². The number of nitrogens with zero attached hydrogens (tertiary/aromatic N) is 1. The van der Waals surface area contributed by atoms with Gasteiger partial charge in [-0.3, -0.25) is 0 Å². The molecule has 0 unspecified atom stereocenters. The lowest BCUT2D eigenvalue weighted by atomic mass is 10.4. The van der Waals surface area contributed by atoms with Crippen molar-refractivity contribution in [3.05, 3.63) is 24.5 Å². The highest BCUT2D eigenvalue weighted by molar-refractivity contribution is 4.90. The molecule has 0 fully saturated rings. The van der Waals surface area contributed by atoms with Gasteiger partial charge in [0, 0.05) is 12.4 Å². The van der Waals surface area contributed by atoms with Crippen molar-refractivity contribution in [1.82, 2.24) is 4.57 Å². The summed E-state index contributed by atoms with van der Waals surface area (Å²) in [5.41, 5.74) is 0. The van der Waals surface area contributed by atoms with E-state index >= 15 is 0 Å².